The van der Waals surface area contributed by atoms with Gasteiger partial charge in [0, 0.05) is 28.4 Å². The first-order valence-electron chi connectivity index (χ1n) is 8.02. The van der Waals surface area contributed by atoms with Gasteiger partial charge in [0.2, 0.25) is 0 Å². The number of rotatable bonds is 4. The summed E-state index contributed by atoms with van der Waals surface area (Å²) in [5, 5.41) is 4.72. The van der Waals surface area contributed by atoms with Crippen molar-refractivity contribution in [3.63, 3.8) is 0 Å². The molecule has 1 aromatic carbocycles. The van der Waals surface area contributed by atoms with Crippen molar-refractivity contribution in [2.24, 2.45) is 0 Å². The first kappa shape index (κ1) is 14.6. The summed E-state index contributed by atoms with van der Waals surface area (Å²) in [7, 11) is 0. The van der Waals surface area contributed by atoms with Crippen LogP contribution in [0.5, 0.6) is 0 Å². The fourth-order valence-electron chi connectivity index (χ4n) is 3.17. The van der Waals surface area contributed by atoms with Crippen molar-refractivity contribution >= 4 is 16.7 Å². The van der Waals surface area contributed by atoms with Crippen LogP contribution in [0.25, 0.3) is 10.9 Å². The summed E-state index contributed by atoms with van der Waals surface area (Å²) in [6.45, 7) is 4.16. The summed E-state index contributed by atoms with van der Waals surface area (Å²) in [5.74, 6) is 1.70. The maximum atomic E-state index is 5.72. The van der Waals surface area contributed by atoms with Gasteiger partial charge in [-0.05, 0) is 49.7 Å². The minimum absolute atomic E-state index is 0.106. The van der Waals surface area contributed by atoms with Crippen molar-refractivity contribution in [3.8, 4) is 0 Å². The van der Waals surface area contributed by atoms with Gasteiger partial charge in [0.25, 0.3) is 0 Å². The van der Waals surface area contributed by atoms with E-state index in [2.05, 4.69) is 47.3 Å². The minimum atomic E-state index is -0.106. The molecule has 0 saturated carbocycles. The van der Waals surface area contributed by atoms with Gasteiger partial charge in [-0.15, -0.1) is 0 Å². The van der Waals surface area contributed by atoms with Crippen LogP contribution < -0.4 is 5.32 Å². The number of aromatic amines is 1. The number of aromatic nitrogens is 2. The van der Waals surface area contributed by atoms with Gasteiger partial charge >= 0.3 is 0 Å². The molecule has 0 amide bonds. The molecule has 24 heavy (non-hydrogen) atoms. The average molecular weight is 317 g/mol. The van der Waals surface area contributed by atoms with Crippen LogP contribution in [0.4, 0.5) is 5.82 Å². The molecule has 2 N–H and O–H groups in total. The van der Waals surface area contributed by atoms with Crippen LogP contribution in [0.1, 0.15) is 28.6 Å². The molecular formula is C20H19N3O. The Morgan fingerprint density at radius 2 is 1.96 bits per heavy atom. The van der Waals surface area contributed by atoms with Crippen molar-refractivity contribution < 1.29 is 4.42 Å². The molecule has 4 rings (SSSR count). The number of pyridine rings is 1. The van der Waals surface area contributed by atoms with Gasteiger partial charge in [-0.25, -0.2) is 4.98 Å². The number of hydrogen-bond donors (Lipinski definition) is 2. The molecule has 0 radical (unpaired) electrons. The summed E-state index contributed by atoms with van der Waals surface area (Å²) in [6.07, 6.45) is 3.52. The number of benzene rings is 1. The smallest absolute Gasteiger partial charge is 0.130 e. The second kappa shape index (κ2) is 5.89. The topological polar surface area (TPSA) is 53.9 Å². The molecule has 0 aliphatic rings. The van der Waals surface area contributed by atoms with Crippen LogP contribution in [-0.2, 0) is 0 Å². The Bertz CT molecular complexity index is 970. The molecular weight excluding hydrogens is 298 g/mol. The van der Waals surface area contributed by atoms with E-state index in [1.54, 1.807) is 6.26 Å². The lowest BCUT2D eigenvalue weighted by Gasteiger charge is -2.18. The normalized spacial score (nSPS) is 12.4. The van der Waals surface area contributed by atoms with Crippen LogP contribution in [0.15, 0.2) is 65.4 Å². The molecule has 0 spiro atoms. The fourth-order valence-corrected chi connectivity index (χ4v) is 3.17. The summed E-state index contributed by atoms with van der Waals surface area (Å²) in [4.78, 5) is 7.91. The molecule has 3 heterocycles. The first-order chi connectivity index (χ1) is 11.7. The number of para-hydroxylation sites is 1. The molecule has 0 aliphatic heterocycles. The molecule has 1 unspecified atom stereocenters. The molecule has 0 saturated heterocycles. The van der Waals surface area contributed by atoms with Crippen LogP contribution in [0.3, 0.4) is 0 Å². The number of furan rings is 1. The molecule has 4 aromatic rings. The van der Waals surface area contributed by atoms with Gasteiger partial charge in [0.05, 0.1) is 6.26 Å². The second-order valence-electron chi connectivity index (χ2n) is 6.02. The Morgan fingerprint density at radius 3 is 2.75 bits per heavy atom. The second-order valence-corrected chi connectivity index (χ2v) is 6.02. The highest BCUT2D eigenvalue weighted by molar-refractivity contribution is 5.86. The lowest BCUT2D eigenvalue weighted by Crippen LogP contribution is -2.13. The van der Waals surface area contributed by atoms with Crippen LogP contribution in [-0.4, -0.2) is 9.97 Å². The zero-order valence-electron chi connectivity index (χ0n) is 13.7. The summed E-state index contributed by atoms with van der Waals surface area (Å²) < 4.78 is 5.72. The number of fused-ring (bicyclic) bond motifs is 1. The van der Waals surface area contributed by atoms with Crippen LogP contribution in [0, 0.1) is 13.8 Å². The molecule has 4 heteroatoms. The highest BCUT2D eigenvalue weighted by Gasteiger charge is 2.23. The first-order valence-corrected chi connectivity index (χ1v) is 8.02. The van der Waals surface area contributed by atoms with E-state index in [-0.39, 0.29) is 6.04 Å². The third-order valence-electron chi connectivity index (χ3n) is 4.27. The summed E-state index contributed by atoms with van der Waals surface area (Å²) >= 11 is 0. The SMILES string of the molecule is Cc1ccnc(NC(c2ccco2)c2c(C)[nH]c3ccccc23)c1. The Kier molecular flexibility index (Phi) is 3.58. The van der Waals surface area contributed by atoms with E-state index in [1.165, 1.54) is 16.5 Å². The number of nitrogens with one attached hydrogen (secondary N) is 2. The molecule has 120 valence electrons. The van der Waals surface area contributed by atoms with Crippen LogP contribution in [0.2, 0.25) is 0 Å². The summed E-state index contributed by atoms with van der Waals surface area (Å²) in [6, 6.07) is 16.2. The van der Waals surface area contributed by atoms with Gasteiger partial charge in [-0.1, -0.05) is 18.2 Å². The quantitative estimate of drug-likeness (QED) is 0.558. The summed E-state index contributed by atoms with van der Waals surface area (Å²) in [5.41, 5.74) is 4.60. The maximum absolute atomic E-state index is 5.72. The number of anilines is 1. The van der Waals surface area contributed by atoms with Gasteiger partial charge in [-0.3, -0.25) is 0 Å². The van der Waals surface area contributed by atoms with E-state index in [1.807, 2.05) is 36.5 Å². The predicted molar refractivity (Wildman–Crippen MR) is 96.2 cm³/mol. The largest absolute Gasteiger partial charge is 0.467 e. The van der Waals surface area contributed by atoms with E-state index < -0.39 is 0 Å². The number of H-pyrrole nitrogens is 1. The Balaban J connectivity index is 1.85. The Labute approximate surface area is 140 Å². The maximum Gasteiger partial charge on any atom is 0.130 e. The lowest BCUT2D eigenvalue weighted by molar-refractivity contribution is 0.499. The molecule has 3 aromatic heterocycles. The van der Waals surface area contributed by atoms with E-state index in [0.29, 0.717) is 0 Å². The van der Waals surface area contributed by atoms with Crippen molar-refractivity contribution in [2.75, 3.05) is 5.32 Å². The average Bonchev–Trinajstić information content (AvgIpc) is 3.20. The molecule has 0 aliphatic carbocycles. The fraction of sp³-hybridized carbons (Fsp3) is 0.150. The van der Waals surface area contributed by atoms with E-state index in [9.17, 15) is 0 Å². The standard InChI is InChI=1S/C20H19N3O/c1-13-9-10-21-18(12-13)23-20(17-8-5-11-24-17)19-14(2)22-16-7-4-3-6-15(16)19/h3-12,20,22H,1-2H3,(H,21,23). The zero-order valence-corrected chi connectivity index (χ0v) is 13.7. The van der Waals surface area contributed by atoms with Gasteiger partial charge in [0.15, 0.2) is 0 Å². The number of aryl methyl sites for hydroxylation is 2. The molecule has 1 atom stereocenters. The number of hydrogen-bond acceptors (Lipinski definition) is 3. The minimum Gasteiger partial charge on any atom is -0.467 e. The highest BCUT2D eigenvalue weighted by Crippen LogP contribution is 2.34. The zero-order chi connectivity index (χ0) is 16.5. The third kappa shape index (κ3) is 2.56. The lowest BCUT2D eigenvalue weighted by atomic mass is 10.0. The number of nitrogens with zero attached hydrogens (tertiary/aromatic N) is 1. The monoisotopic (exact) mass is 317 g/mol. The van der Waals surface area contributed by atoms with E-state index >= 15 is 0 Å². The molecule has 0 bridgehead atoms. The Morgan fingerprint density at radius 1 is 1.08 bits per heavy atom. The van der Waals surface area contributed by atoms with E-state index in [0.717, 1.165) is 22.8 Å². The molecule has 0 fully saturated rings. The van der Waals surface area contributed by atoms with Crippen molar-refractivity contribution in [1.82, 2.24) is 9.97 Å². The van der Waals surface area contributed by atoms with Crippen LogP contribution >= 0.6 is 0 Å². The van der Waals surface area contributed by atoms with Gasteiger partial charge in [0.1, 0.15) is 17.6 Å². The predicted octanol–water partition coefficient (Wildman–Crippen LogP) is 4.97. The van der Waals surface area contributed by atoms with Crippen molar-refractivity contribution in [1.29, 1.82) is 0 Å². The van der Waals surface area contributed by atoms with Crippen molar-refractivity contribution in [2.45, 2.75) is 19.9 Å². The highest BCUT2D eigenvalue weighted by atomic mass is 16.3. The third-order valence-corrected chi connectivity index (χ3v) is 4.27. The van der Waals surface area contributed by atoms with Crippen molar-refractivity contribution in [3.05, 3.63) is 83.6 Å². The molecule has 4 nitrogen and oxygen atoms in total. The van der Waals surface area contributed by atoms with Gasteiger partial charge < -0.3 is 14.7 Å². The Hall–Kier alpha value is -3.01. The van der Waals surface area contributed by atoms with Gasteiger partial charge in [-0.2, -0.15) is 0 Å². The van der Waals surface area contributed by atoms with E-state index in [4.69, 9.17) is 4.42 Å².